The number of nitrogens with one attached hydrogen (secondary N) is 1. The van der Waals surface area contributed by atoms with Crippen molar-refractivity contribution in [1.82, 2.24) is 5.32 Å². The van der Waals surface area contributed by atoms with Gasteiger partial charge in [0.05, 0.1) is 0 Å². The molecule has 3 nitrogen and oxygen atoms in total. The molecule has 0 heterocycles. The van der Waals surface area contributed by atoms with Crippen LogP contribution in [-0.2, 0) is 10.2 Å². The molecule has 0 bridgehead atoms. The lowest BCUT2D eigenvalue weighted by Gasteiger charge is -2.28. The van der Waals surface area contributed by atoms with Crippen LogP contribution >= 0.6 is 0 Å². The van der Waals surface area contributed by atoms with Gasteiger partial charge in [0.1, 0.15) is 6.10 Å². The van der Waals surface area contributed by atoms with Crippen LogP contribution in [-0.4, -0.2) is 23.7 Å². The Hall–Kier alpha value is -1.35. The maximum atomic E-state index is 11.5. The fourth-order valence-electron chi connectivity index (χ4n) is 2.24. The zero-order chi connectivity index (χ0) is 14.8. The third-order valence-corrected chi connectivity index (χ3v) is 3.65. The lowest BCUT2D eigenvalue weighted by atomic mass is 9.80. The summed E-state index contributed by atoms with van der Waals surface area (Å²) >= 11 is 0. The first kappa shape index (κ1) is 15.7. The van der Waals surface area contributed by atoms with E-state index < -0.39 is 6.10 Å². The fourth-order valence-corrected chi connectivity index (χ4v) is 2.24. The molecular weight excluding hydrogens is 238 g/mol. The van der Waals surface area contributed by atoms with E-state index in [1.165, 1.54) is 29.2 Å². The summed E-state index contributed by atoms with van der Waals surface area (Å²) in [6.07, 6.45) is -0.961. The first-order chi connectivity index (χ1) is 8.65. The second kappa shape index (κ2) is 5.74. The molecule has 0 aromatic heterocycles. The van der Waals surface area contributed by atoms with Gasteiger partial charge >= 0.3 is 0 Å². The average Bonchev–Trinajstić information content (AvgIpc) is 2.30. The molecule has 2 N–H and O–H groups in total. The lowest BCUT2D eigenvalue weighted by molar-refractivity contribution is -0.128. The SMILES string of the molecule is Cc1cc(C)c(C(C)(C)CNC(=O)C(C)O)cc1C. The van der Waals surface area contributed by atoms with E-state index in [9.17, 15) is 9.90 Å². The summed E-state index contributed by atoms with van der Waals surface area (Å²) in [5.74, 6) is -0.324. The quantitative estimate of drug-likeness (QED) is 0.876. The molecule has 0 radical (unpaired) electrons. The number of hydrogen-bond donors (Lipinski definition) is 2. The van der Waals surface area contributed by atoms with Crippen molar-refractivity contribution in [2.45, 2.75) is 53.1 Å². The predicted molar refractivity (Wildman–Crippen MR) is 78.4 cm³/mol. The van der Waals surface area contributed by atoms with Crippen LogP contribution in [0.3, 0.4) is 0 Å². The number of benzene rings is 1. The molecule has 1 rings (SSSR count). The van der Waals surface area contributed by atoms with Gasteiger partial charge in [0.25, 0.3) is 0 Å². The van der Waals surface area contributed by atoms with Gasteiger partial charge in [-0.3, -0.25) is 4.79 Å². The smallest absolute Gasteiger partial charge is 0.248 e. The third kappa shape index (κ3) is 3.80. The molecule has 0 spiro atoms. The molecule has 0 aliphatic carbocycles. The second-order valence-corrected chi connectivity index (χ2v) is 6.03. The van der Waals surface area contributed by atoms with Crippen LogP contribution < -0.4 is 5.32 Å². The molecular formula is C16H25NO2. The summed E-state index contributed by atoms with van der Waals surface area (Å²) in [5.41, 5.74) is 4.86. The monoisotopic (exact) mass is 263 g/mol. The maximum Gasteiger partial charge on any atom is 0.248 e. The van der Waals surface area contributed by atoms with Crippen molar-refractivity contribution in [1.29, 1.82) is 0 Å². The van der Waals surface area contributed by atoms with Crippen LogP contribution in [0.1, 0.15) is 43.0 Å². The molecule has 0 saturated heterocycles. The highest BCUT2D eigenvalue weighted by molar-refractivity contribution is 5.80. The molecule has 1 unspecified atom stereocenters. The number of amides is 1. The van der Waals surface area contributed by atoms with Gasteiger partial charge < -0.3 is 10.4 Å². The predicted octanol–water partition coefficient (Wildman–Crippen LogP) is 2.39. The largest absolute Gasteiger partial charge is 0.384 e. The molecule has 0 aliphatic heterocycles. The minimum atomic E-state index is -0.961. The van der Waals surface area contributed by atoms with E-state index in [-0.39, 0.29) is 11.3 Å². The Bertz CT molecular complexity index is 476. The Balaban J connectivity index is 2.94. The lowest BCUT2D eigenvalue weighted by Crippen LogP contribution is -2.41. The number of rotatable bonds is 4. The number of carbonyl (C=O) groups is 1. The molecule has 19 heavy (non-hydrogen) atoms. The van der Waals surface area contributed by atoms with E-state index in [0.717, 1.165) is 0 Å². The summed E-state index contributed by atoms with van der Waals surface area (Å²) in [4.78, 5) is 11.5. The van der Waals surface area contributed by atoms with Crippen molar-refractivity contribution in [2.24, 2.45) is 0 Å². The van der Waals surface area contributed by atoms with Gasteiger partial charge in [-0.25, -0.2) is 0 Å². The van der Waals surface area contributed by atoms with E-state index in [1.807, 2.05) is 0 Å². The molecule has 1 amide bonds. The van der Waals surface area contributed by atoms with Crippen LogP contribution in [0.25, 0.3) is 0 Å². The Morgan fingerprint density at radius 3 is 2.26 bits per heavy atom. The van der Waals surface area contributed by atoms with E-state index in [0.29, 0.717) is 6.54 Å². The topological polar surface area (TPSA) is 49.3 Å². The van der Waals surface area contributed by atoms with Crippen molar-refractivity contribution in [3.05, 3.63) is 34.4 Å². The molecule has 0 aliphatic rings. The van der Waals surface area contributed by atoms with Gasteiger partial charge in [-0.2, -0.15) is 0 Å². The van der Waals surface area contributed by atoms with Crippen LogP contribution in [0.5, 0.6) is 0 Å². The number of aliphatic hydroxyl groups is 1. The molecule has 1 aromatic carbocycles. The minimum Gasteiger partial charge on any atom is -0.384 e. The number of hydrogen-bond acceptors (Lipinski definition) is 2. The molecule has 106 valence electrons. The summed E-state index contributed by atoms with van der Waals surface area (Å²) in [5, 5.41) is 12.0. The van der Waals surface area contributed by atoms with E-state index in [2.05, 4.69) is 52.1 Å². The van der Waals surface area contributed by atoms with Crippen LogP contribution in [0.2, 0.25) is 0 Å². The highest BCUT2D eigenvalue weighted by Gasteiger charge is 2.24. The van der Waals surface area contributed by atoms with Crippen LogP contribution in [0.4, 0.5) is 0 Å². The Kier molecular flexibility index (Phi) is 4.75. The van der Waals surface area contributed by atoms with Gasteiger partial charge in [-0.15, -0.1) is 0 Å². The number of carbonyl (C=O) groups excluding carboxylic acids is 1. The second-order valence-electron chi connectivity index (χ2n) is 6.03. The van der Waals surface area contributed by atoms with Gasteiger partial charge in [-0.1, -0.05) is 26.0 Å². The standard InChI is InChI=1S/C16H25NO2/c1-10-7-12(3)14(8-11(10)2)16(5,6)9-17-15(19)13(4)18/h7-8,13,18H,9H2,1-6H3,(H,17,19). The fraction of sp³-hybridized carbons (Fsp3) is 0.562. The van der Waals surface area contributed by atoms with Crippen LogP contribution in [0, 0.1) is 20.8 Å². The highest BCUT2D eigenvalue weighted by Crippen LogP contribution is 2.28. The molecule has 0 fully saturated rings. The first-order valence-corrected chi connectivity index (χ1v) is 6.69. The maximum absolute atomic E-state index is 11.5. The highest BCUT2D eigenvalue weighted by atomic mass is 16.3. The zero-order valence-electron chi connectivity index (χ0n) is 12.8. The van der Waals surface area contributed by atoms with Gasteiger partial charge in [0.15, 0.2) is 0 Å². The van der Waals surface area contributed by atoms with E-state index in [1.54, 1.807) is 0 Å². The summed E-state index contributed by atoms with van der Waals surface area (Å²) in [6.45, 7) is 12.5. The van der Waals surface area contributed by atoms with Crippen molar-refractivity contribution in [3.8, 4) is 0 Å². The molecule has 3 heteroatoms. The van der Waals surface area contributed by atoms with Crippen LogP contribution in [0.15, 0.2) is 12.1 Å². The van der Waals surface area contributed by atoms with Crippen molar-refractivity contribution in [3.63, 3.8) is 0 Å². The Morgan fingerprint density at radius 1 is 1.21 bits per heavy atom. The third-order valence-electron chi connectivity index (χ3n) is 3.65. The van der Waals surface area contributed by atoms with Crippen molar-refractivity contribution in [2.75, 3.05) is 6.54 Å². The van der Waals surface area contributed by atoms with E-state index in [4.69, 9.17) is 0 Å². The summed E-state index contributed by atoms with van der Waals surface area (Å²) in [6, 6.07) is 4.38. The van der Waals surface area contributed by atoms with Crippen molar-refractivity contribution >= 4 is 5.91 Å². The number of aryl methyl sites for hydroxylation is 3. The zero-order valence-corrected chi connectivity index (χ0v) is 12.8. The Labute approximate surface area is 116 Å². The summed E-state index contributed by atoms with van der Waals surface area (Å²) in [7, 11) is 0. The van der Waals surface area contributed by atoms with Gasteiger partial charge in [0.2, 0.25) is 5.91 Å². The number of aliphatic hydroxyl groups excluding tert-OH is 1. The van der Waals surface area contributed by atoms with E-state index >= 15 is 0 Å². The van der Waals surface area contributed by atoms with Gasteiger partial charge in [-0.05, 0) is 49.9 Å². The molecule has 1 atom stereocenters. The molecule has 1 aromatic rings. The van der Waals surface area contributed by atoms with Crippen molar-refractivity contribution < 1.29 is 9.90 Å². The first-order valence-electron chi connectivity index (χ1n) is 6.69. The minimum absolute atomic E-state index is 0.160. The van der Waals surface area contributed by atoms with Gasteiger partial charge in [0, 0.05) is 12.0 Å². The Morgan fingerprint density at radius 2 is 1.74 bits per heavy atom. The summed E-state index contributed by atoms with van der Waals surface area (Å²) < 4.78 is 0. The average molecular weight is 263 g/mol. The molecule has 0 saturated carbocycles. The normalized spacial score (nSPS) is 13.2.